The predicted molar refractivity (Wildman–Crippen MR) is 101 cm³/mol. The van der Waals surface area contributed by atoms with Crippen LogP contribution >= 0.6 is 0 Å². The summed E-state index contributed by atoms with van der Waals surface area (Å²) < 4.78 is 44.4. The highest BCUT2D eigenvalue weighted by Gasteiger charge is 2.35. The number of hydrogen-bond acceptors (Lipinski definition) is 5. The SMILES string of the molecule is CCNC(=NCC1(CCO)CCOC1)NCCNc1ncccc1C(F)(F)F. The molecule has 0 aliphatic carbocycles. The Kier molecular flexibility index (Phi) is 8.31. The Morgan fingerprint density at radius 1 is 1.36 bits per heavy atom. The molecular formula is C18H28F3N5O2. The molecule has 10 heteroatoms. The van der Waals surface area contributed by atoms with Crippen molar-refractivity contribution in [3.8, 4) is 0 Å². The summed E-state index contributed by atoms with van der Waals surface area (Å²) >= 11 is 0. The summed E-state index contributed by atoms with van der Waals surface area (Å²) in [5, 5.41) is 18.2. The van der Waals surface area contributed by atoms with E-state index in [4.69, 9.17) is 4.74 Å². The highest BCUT2D eigenvalue weighted by Crippen LogP contribution is 2.33. The zero-order valence-corrected chi connectivity index (χ0v) is 16.0. The number of aromatic nitrogens is 1. The maximum absolute atomic E-state index is 13.0. The monoisotopic (exact) mass is 403 g/mol. The summed E-state index contributed by atoms with van der Waals surface area (Å²) in [6, 6.07) is 2.26. The van der Waals surface area contributed by atoms with Crippen LogP contribution in [0.15, 0.2) is 23.3 Å². The third kappa shape index (κ3) is 6.52. The normalized spacial score (nSPS) is 20.2. The van der Waals surface area contributed by atoms with Gasteiger partial charge in [-0.15, -0.1) is 0 Å². The van der Waals surface area contributed by atoms with Gasteiger partial charge in [-0.2, -0.15) is 13.2 Å². The van der Waals surface area contributed by atoms with Gasteiger partial charge in [0.2, 0.25) is 0 Å². The number of anilines is 1. The average Bonchev–Trinajstić information content (AvgIpc) is 3.12. The maximum atomic E-state index is 13.0. The number of aliphatic imine (C=N–C) groups is 1. The molecular weight excluding hydrogens is 375 g/mol. The van der Waals surface area contributed by atoms with Gasteiger partial charge >= 0.3 is 6.18 Å². The first-order chi connectivity index (χ1) is 13.4. The minimum absolute atomic E-state index is 0.0817. The van der Waals surface area contributed by atoms with Crippen molar-refractivity contribution >= 4 is 11.8 Å². The zero-order valence-electron chi connectivity index (χ0n) is 16.0. The van der Waals surface area contributed by atoms with Crippen LogP contribution in [-0.4, -0.2) is 62.0 Å². The van der Waals surface area contributed by atoms with Gasteiger partial charge in [-0.3, -0.25) is 4.99 Å². The summed E-state index contributed by atoms with van der Waals surface area (Å²) in [6.07, 6.45) is -1.67. The van der Waals surface area contributed by atoms with Crippen molar-refractivity contribution in [3.05, 3.63) is 23.9 Å². The van der Waals surface area contributed by atoms with Crippen LogP contribution in [0.2, 0.25) is 0 Å². The van der Waals surface area contributed by atoms with E-state index in [1.165, 1.54) is 12.3 Å². The number of nitrogens with one attached hydrogen (secondary N) is 3. The van der Waals surface area contributed by atoms with Crippen LogP contribution < -0.4 is 16.0 Å². The van der Waals surface area contributed by atoms with E-state index in [1.807, 2.05) is 6.92 Å². The molecule has 1 saturated heterocycles. The molecule has 0 spiro atoms. The van der Waals surface area contributed by atoms with Crippen molar-refractivity contribution < 1.29 is 23.0 Å². The number of aliphatic hydroxyl groups is 1. The molecule has 0 amide bonds. The van der Waals surface area contributed by atoms with Crippen LogP contribution in [0.1, 0.15) is 25.3 Å². The summed E-state index contributed by atoms with van der Waals surface area (Å²) in [6.45, 7) is 5.01. The first-order valence-electron chi connectivity index (χ1n) is 9.37. The largest absolute Gasteiger partial charge is 0.419 e. The molecule has 1 aliphatic heterocycles. The van der Waals surface area contributed by atoms with Gasteiger partial charge in [0.25, 0.3) is 0 Å². The number of halogens is 3. The van der Waals surface area contributed by atoms with Gasteiger partial charge in [0.1, 0.15) is 5.82 Å². The molecule has 7 nitrogen and oxygen atoms in total. The smallest absolute Gasteiger partial charge is 0.396 e. The lowest BCUT2D eigenvalue weighted by atomic mass is 9.84. The first kappa shape index (κ1) is 22.2. The van der Waals surface area contributed by atoms with Gasteiger partial charge in [0, 0.05) is 44.5 Å². The molecule has 1 fully saturated rings. The van der Waals surface area contributed by atoms with Gasteiger partial charge in [-0.25, -0.2) is 4.98 Å². The summed E-state index contributed by atoms with van der Waals surface area (Å²) in [5.74, 6) is 0.384. The lowest BCUT2D eigenvalue weighted by Gasteiger charge is -2.24. The standard InChI is InChI=1S/C18H28F3N5O2/c1-2-22-16(26-12-17(5-10-27)6-11-28-13-17)25-9-8-24-15-14(18(19,20)21)4-3-7-23-15/h3-4,7,27H,2,5-6,8-13H2,1H3,(H,23,24)(H2,22,25,26). The molecule has 1 atom stereocenters. The summed E-state index contributed by atoms with van der Waals surface area (Å²) in [4.78, 5) is 8.34. The minimum Gasteiger partial charge on any atom is -0.396 e. The van der Waals surface area contributed by atoms with Crippen molar-refractivity contribution in [2.45, 2.75) is 25.9 Å². The topological polar surface area (TPSA) is 90.8 Å². The number of rotatable bonds is 9. The Morgan fingerprint density at radius 2 is 2.18 bits per heavy atom. The predicted octanol–water partition coefficient (Wildman–Crippen LogP) is 1.86. The van der Waals surface area contributed by atoms with Crippen LogP contribution in [0.3, 0.4) is 0 Å². The molecule has 0 bridgehead atoms. The highest BCUT2D eigenvalue weighted by atomic mass is 19.4. The molecule has 1 aromatic heterocycles. The van der Waals surface area contributed by atoms with Gasteiger partial charge in [0.05, 0.1) is 18.7 Å². The van der Waals surface area contributed by atoms with E-state index in [1.54, 1.807) is 0 Å². The van der Waals surface area contributed by atoms with E-state index in [0.717, 1.165) is 12.5 Å². The van der Waals surface area contributed by atoms with Crippen LogP contribution in [0.4, 0.5) is 19.0 Å². The number of alkyl halides is 3. The Labute approximate surface area is 162 Å². The van der Waals surface area contributed by atoms with E-state index in [9.17, 15) is 18.3 Å². The molecule has 0 radical (unpaired) electrons. The van der Waals surface area contributed by atoms with E-state index >= 15 is 0 Å². The van der Waals surface area contributed by atoms with Crippen molar-refractivity contribution in [1.82, 2.24) is 15.6 Å². The Hall–Kier alpha value is -2.07. The minimum atomic E-state index is -4.45. The highest BCUT2D eigenvalue weighted by molar-refractivity contribution is 5.79. The number of ether oxygens (including phenoxy) is 1. The molecule has 158 valence electrons. The van der Waals surface area contributed by atoms with Crippen molar-refractivity contribution in [2.75, 3.05) is 51.3 Å². The van der Waals surface area contributed by atoms with E-state index in [-0.39, 0.29) is 24.4 Å². The van der Waals surface area contributed by atoms with Crippen molar-refractivity contribution in [1.29, 1.82) is 0 Å². The average molecular weight is 403 g/mol. The number of hydrogen-bond donors (Lipinski definition) is 4. The van der Waals surface area contributed by atoms with Gasteiger partial charge in [-0.05, 0) is 31.9 Å². The Balaban J connectivity index is 1.88. The fraction of sp³-hybridized carbons (Fsp3) is 0.667. The first-order valence-corrected chi connectivity index (χ1v) is 9.37. The molecule has 0 aromatic carbocycles. The fourth-order valence-electron chi connectivity index (χ4n) is 3.01. The molecule has 1 aliphatic rings. The van der Waals surface area contributed by atoms with Crippen LogP contribution in [0.25, 0.3) is 0 Å². The van der Waals surface area contributed by atoms with Crippen LogP contribution in [-0.2, 0) is 10.9 Å². The number of guanidine groups is 1. The van der Waals surface area contributed by atoms with Crippen LogP contribution in [0.5, 0.6) is 0 Å². The fourth-order valence-corrected chi connectivity index (χ4v) is 3.01. The second-order valence-corrected chi connectivity index (χ2v) is 6.72. The second kappa shape index (κ2) is 10.5. The number of nitrogens with zero attached hydrogens (tertiary/aromatic N) is 2. The molecule has 28 heavy (non-hydrogen) atoms. The van der Waals surface area contributed by atoms with Crippen LogP contribution in [0, 0.1) is 5.41 Å². The third-order valence-corrected chi connectivity index (χ3v) is 4.57. The molecule has 2 rings (SSSR count). The summed E-state index contributed by atoms with van der Waals surface area (Å²) in [5.41, 5.74) is -0.951. The van der Waals surface area contributed by atoms with Gasteiger partial charge < -0.3 is 25.8 Å². The van der Waals surface area contributed by atoms with E-state index < -0.39 is 11.7 Å². The van der Waals surface area contributed by atoms with E-state index in [2.05, 4.69) is 25.9 Å². The zero-order chi connectivity index (χ0) is 20.5. The van der Waals surface area contributed by atoms with Crippen molar-refractivity contribution in [2.24, 2.45) is 10.4 Å². The second-order valence-electron chi connectivity index (χ2n) is 6.72. The number of pyridine rings is 1. The summed E-state index contributed by atoms with van der Waals surface area (Å²) in [7, 11) is 0. The lowest BCUT2D eigenvalue weighted by molar-refractivity contribution is -0.137. The molecule has 1 unspecified atom stereocenters. The third-order valence-electron chi connectivity index (χ3n) is 4.57. The van der Waals surface area contributed by atoms with Crippen molar-refractivity contribution in [3.63, 3.8) is 0 Å². The van der Waals surface area contributed by atoms with Gasteiger partial charge in [0.15, 0.2) is 5.96 Å². The number of aliphatic hydroxyl groups excluding tert-OH is 1. The Bertz CT molecular complexity index is 634. The Morgan fingerprint density at radius 3 is 2.82 bits per heavy atom. The van der Waals surface area contributed by atoms with Gasteiger partial charge in [-0.1, -0.05) is 0 Å². The quantitative estimate of drug-likeness (QED) is 0.286. The molecule has 4 N–H and O–H groups in total. The van der Waals surface area contributed by atoms with E-state index in [0.29, 0.717) is 45.2 Å². The molecule has 2 heterocycles. The molecule has 0 saturated carbocycles. The maximum Gasteiger partial charge on any atom is 0.419 e. The molecule has 1 aromatic rings. The lowest BCUT2D eigenvalue weighted by Crippen LogP contribution is -2.41.